The van der Waals surface area contributed by atoms with E-state index in [1.807, 2.05) is 6.92 Å². The molecular weight excluding hydrogens is 248 g/mol. The molecule has 0 spiro atoms. The van der Waals surface area contributed by atoms with Crippen LogP contribution in [0.4, 0.5) is 0 Å². The average Bonchev–Trinajstić information content (AvgIpc) is 3.18. The Balaban J connectivity index is 2.06. The van der Waals surface area contributed by atoms with E-state index in [1.165, 1.54) is 25.7 Å². The minimum atomic E-state index is -0.315. The fraction of sp³-hybridized carbons (Fsp3) is 0.938. The van der Waals surface area contributed by atoms with Crippen LogP contribution in [0.2, 0.25) is 0 Å². The van der Waals surface area contributed by atoms with Gasteiger partial charge in [-0.25, -0.2) is 0 Å². The third kappa shape index (κ3) is 7.84. The number of nitrogens with zero attached hydrogens (tertiary/aromatic N) is 3. The number of hydrogen-bond donors (Lipinski definition) is 1. The molecule has 0 radical (unpaired) electrons. The van der Waals surface area contributed by atoms with E-state index in [0.717, 1.165) is 32.5 Å². The summed E-state index contributed by atoms with van der Waals surface area (Å²) in [5.41, 5.74) is -0.315. The summed E-state index contributed by atoms with van der Waals surface area (Å²) >= 11 is 0. The number of unbranched alkanes of at least 4 members (excludes halogenated alkanes) is 1. The van der Waals surface area contributed by atoms with Gasteiger partial charge in [0.1, 0.15) is 5.54 Å². The van der Waals surface area contributed by atoms with E-state index < -0.39 is 0 Å². The zero-order chi connectivity index (χ0) is 15.0. The van der Waals surface area contributed by atoms with Crippen molar-refractivity contribution in [3.63, 3.8) is 0 Å². The van der Waals surface area contributed by atoms with E-state index in [-0.39, 0.29) is 5.54 Å². The smallest absolute Gasteiger partial charge is 0.104 e. The largest absolute Gasteiger partial charge is 0.309 e. The van der Waals surface area contributed by atoms with Crippen molar-refractivity contribution in [3.05, 3.63) is 0 Å². The Kier molecular flexibility index (Phi) is 7.50. The summed E-state index contributed by atoms with van der Waals surface area (Å²) in [4.78, 5) is 4.64. The number of nitrogens with one attached hydrogen (secondary N) is 1. The third-order valence-electron chi connectivity index (χ3n) is 3.96. The van der Waals surface area contributed by atoms with E-state index in [0.29, 0.717) is 6.04 Å². The lowest BCUT2D eigenvalue weighted by atomic mass is 9.96. The highest BCUT2D eigenvalue weighted by Gasteiger charge is 2.31. The Morgan fingerprint density at radius 3 is 2.30 bits per heavy atom. The zero-order valence-electron chi connectivity index (χ0n) is 13.8. The van der Waals surface area contributed by atoms with E-state index in [9.17, 15) is 5.26 Å². The molecule has 1 rings (SSSR count). The van der Waals surface area contributed by atoms with Gasteiger partial charge in [-0.3, -0.25) is 5.32 Å². The maximum atomic E-state index is 9.31. The average molecular weight is 280 g/mol. The van der Waals surface area contributed by atoms with Crippen LogP contribution >= 0.6 is 0 Å². The van der Waals surface area contributed by atoms with Crippen molar-refractivity contribution in [2.75, 3.05) is 40.8 Å². The lowest BCUT2D eigenvalue weighted by molar-refractivity contribution is 0.289. The van der Waals surface area contributed by atoms with Gasteiger partial charge in [0.2, 0.25) is 0 Å². The second kappa shape index (κ2) is 8.61. The molecule has 4 heteroatoms. The monoisotopic (exact) mass is 280 g/mol. The Bertz CT molecular complexity index is 306. The predicted molar refractivity (Wildman–Crippen MR) is 84.7 cm³/mol. The molecule has 1 unspecified atom stereocenters. The van der Waals surface area contributed by atoms with Gasteiger partial charge in [0.15, 0.2) is 0 Å². The molecule has 0 aromatic rings. The molecule has 1 aliphatic rings. The summed E-state index contributed by atoms with van der Waals surface area (Å²) in [6.07, 6.45) is 6.98. The highest BCUT2D eigenvalue weighted by atomic mass is 15.1. The fourth-order valence-electron chi connectivity index (χ4n) is 2.47. The summed E-state index contributed by atoms with van der Waals surface area (Å²) in [7, 11) is 6.44. The van der Waals surface area contributed by atoms with Crippen LogP contribution in [0.5, 0.6) is 0 Å². The van der Waals surface area contributed by atoms with Crippen LogP contribution in [0, 0.1) is 11.3 Å². The minimum Gasteiger partial charge on any atom is -0.309 e. The minimum absolute atomic E-state index is 0.315. The lowest BCUT2D eigenvalue weighted by Crippen LogP contribution is -2.42. The standard InChI is InChI=1S/C16H32N4/c1-16(14-17,18-15-8-9-15)10-5-6-12-20(4)13-7-11-19(2)3/h15,18H,5-13H2,1-4H3. The molecule has 116 valence electrons. The molecule has 1 atom stereocenters. The Morgan fingerprint density at radius 1 is 1.10 bits per heavy atom. The van der Waals surface area contributed by atoms with Crippen molar-refractivity contribution in [2.45, 2.75) is 57.0 Å². The van der Waals surface area contributed by atoms with Crippen LogP contribution in [0.15, 0.2) is 0 Å². The summed E-state index contributed by atoms with van der Waals surface area (Å²) in [6, 6.07) is 3.06. The van der Waals surface area contributed by atoms with Crippen molar-refractivity contribution in [1.29, 1.82) is 5.26 Å². The predicted octanol–water partition coefficient (Wildman–Crippen LogP) is 2.07. The Hall–Kier alpha value is -0.630. The molecule has 0 saturated heterocycles. The number of hydrogen-bond acceptors (Lipinski definition) is 4. The maximum absolute atomic E-state index is 9.31. The van der Waals surface area contributed by atoms with Crippen LogP contribution in [0.1, 0.15) is 45.4 Å². The summed E-state index contributed by atoms with van der Waals surface area (Å²) in [5.74, 6) is 0. The molecule has 1 saturated carbocycles. The van der Waals surface area contributed by atoms with Crippen molar-refractivity contribution in [3.8, 4) is 6.07 Å². The highest BCUT2D eigenvalue weighted by Crippen LogP contribution is 2.24. The normalized spacial score (nSPS) is 18.2. The molecule has 0 aromatic carbocycles. The summed E-state index contributed by atoms with van der Waals surface area (Å²) in [6.45, 7) is 5.50. The van der Waals surface area contributed by atoms with Crippen LogP contribution in [0.25, 0.3) is 0 Å². The molecule has 1 fully saturated rings. The van der Waals surface area contributed by atoms with Gasteiger partial charge in [-0.05, 0) is 86.2 Å². The van der Waals surface area contributed by atoms with Crippen LogP contribution in [-0.2, 0) is 0 Å². The second-order valence-electron chi connectivity index (χ2n) is 6.78. The summed E-state index contributed by atoms with van der Waals surface area (Å²) < 4.78 is 0. The van der Waals surface area contributed by atoms with Gasteiger partial charge >= 0.3 is 0 Å². The molecule has 0 aliphatic heterocycles. The van der Waals surface area contributed by atoms with Crippen LogP contribution in [0.3, 0.4) is 0 Å². The molecule has 0 bridgehead atoms. The molecule has 1 aliphatic carbocycles. The maximum Gasteiger partial charge on any atom is 0.104 e. The highest BCUT2D eigenvalue weighted by molar-refractivity contribution is 5.06. The van der Waals surface area contributed by atoms with E-state index in [1.54, 1.807) is 0 Å². The first-order valence-corrected chi connectivity index (χ1v) is 7.97. The molecule has 0 heterocycles. The second-order valence-corrected chi connectivity index (χ2v) is 6.78. The Morgan fingerprint density at radius 2 is 1.75 bits per heavy atom. The van der Waals surface area contributed by atoms with E-state index in [4.69, 9.17) is 0 Å². The number of rotatable bonds is 11. The van der Waals surface area contributed by atoms with Gasteiger partial charge in [-0.1, -0.05) is 0 Å². The summed E-state index contributed by atoms with van der Waals surface area (Å²) in [5, 5.41) is 12.8. The van der Waals surface area contributed by atoms with Crippen molar-refractivity contribution in [1.82, 2.24) is 15.1 Å². The van der Waals surface area contributed by atoms with Crippen LogP contribution in [-0.4, -0.2) is 62.2 Å². The van der Waals surface area contributed by atoms with Gasteiger partial charge in [0.25, 0.3) is 0 Å². The molecule has 1 N–H and O–H groups in total. The Labute approximate surface area is 125 Å². The quantitative estimate of drug-likeness (QED) is 0.588. The zero-order valence-corrected chi connectivity index (χ0v) is 13.8. The first-order chi connectivity index (χ1) is 9.45. The lowest BCUT2D eigenvalue weighted by Gasteiger charge is -2.24. The SMILES string of the molecule is CN(C)CCCN(C)CCCCC(C)(C#N)NC1CC1. The van der Waals surface area contributed by atoms with Gasteiger partial charge in [0.05, 0.1) is 6.07 Å². The fourth-order valence-corrected chi connectivity index (χ4v) is 2.47. The first-order valence-electron chi connectivity index (χ1n) is 7.97. The molecule has 0 aromatic heterocycles. The molecule has 20 heavy (non-hydrogen) atoms. The van der Waals surface area contributed by atoms with Crippen molar-refractivity contribution in [2.24, 2.45) is 0 Å². The van der Waals surface area contributed by atoms with Crippen molar-refractivity contribution < 1.29 is 0 Å². The third-order valence-corrected chi connectivity index (χ3v) is 3.96. The van der Waals surface area contributed by atoms with Gasteiger partial charge in [-0.2, -0.15) is 5.26 Å². The van der Waals surface area contributed by atoms with Crippen LogP contribution < -0.4 is 5.32 Å². The van der Waals surface area contributed by atoms with Crippen molar-refractivity contribution >= 4 is 0 Å². The molecule has 0 amide bonds. The van der Waals surface area contributed by atoms with E-state index >= 15 is 0 Å². The van der Waals surface area contributed by atoms with Gasteiger partial charge in [-0.15, -0.1) is 0 Å². The van der Waals surface area contributed by atoms with E-state index in [2.05, 4.69) is 42.3 Å². The van der Waals surface area contributed by atoms with Gasteiger partial charge in [0, 0.05) is 6.04 Å². The van der Waals surface area contributed by atoms with Gasteiger partial charge < -0.3 is 9.80 Å². The topological polar surface area (TPSA) is 42.3 Å². The molecule has 4 nitrogen and oxygen atoms in total. The molecular formula is C16H32N4. The first kappa shape index (κ1) is 17.4. The number of nitriles is 1.